The molecule has 0 N–H and O–H groups in total. The average Bonchev–Trinajstić information content (AvgIpc) is 2.56. The molecule has 3 aromatic carbocycles. The van der Waals surface area contributed by atoms with Crippen LogP contribution >= 0.6 is 0 Å². The lowest BCUT2D eigenvalue weighted by Gasteiger charge is -2.07. The molecule has 21 heavy (non-hydrogen) atoms. The molecule has 0 aliphatic carbocycles. The van der Waals surface area contributed by atoms with Crippen LogP contribution in [0.1, 0.15) is 18.9 Å². The maximum Gasteiger partial charge on any atom is -0.0181 e. The van der Waals surface area contributed by atoms with Gasteiger partial charge in [-0.05, 0) is 34.2 Å². The van der Waals surface area contributed by atoms with Crippen molar-refractivity contribution in [1.29, 1.82) is 0 Å². The Kier molecular flexibility index (Phi) is 4.16. The molecule has 0 bridgehead atoms. The Morgan fingerprint density at radius 1 is 0.571 bits per heavy atom. The van der Waals surface area contributed by atoms with Crippen LogP contribution in [0.4, 0.5) is 0 Å². The first-order chi connectivity index (χ1) is 10.4. The number of hydrogen-bond donors (Lipinski definition) is 0. The van der Waals surface area contributed by atoms with Crippen LogP contribution in [0.2, 0.25) is 0 Å². The second-order valence-electron chi connectivity index (χ2n) is 5.39. The Morgan fingerprint density at radius 2 is 1.14 bits per heavy atom. The van der Waals surface area contributed by atoms with E-state index in [1.165, 1.54) is 34.2 Å². The lowest BCUT2D eigenvalue weighted by Crippen LogP contribution is -1.85. The van der Waals surface area contributed by atoms with E-state index in [1.54, 1.807) is 0 Å². The molecule has 0 nitrogen and oxygen atoms in total. The molecule has 0 unspecified atom stereocenters. The van der Waals surface area contributed by atoms with Gasteiger partial charge < -0.3 is 0 Å². The maximum absolute atomic E-state index is 2.31. The van der Waals surface area contributed by atoms with Gasteiger partial charge in [0.15, 0.2) is 0 Å². The van der Waals surface area contributed by atoms with Gasteiger partial charge in [-0.1, -0.05) is 92.2 Å². The van der Waals surface area contributed by atoms with Gasteiger partial charge in [0.25, 0.3) is 0 Å². The smallest absolute Gasteiger partial charge is 0.0181 e. The van der Waals surface area contributed by atoms with Crippen molar-refractivity contribution in [1.82, 2.24) is 0 Å². The predicted octanol–water partition coefficient (Wildman–Crippen LogP) is 5.97. The summed E-state index contributed by atoms with van der Waals surface area (Å²) in [5.74, 6) is 0. The minimum atomic E-state index is 1.15. The summed E-state index contributed by atoms with van der Waals surface area (Å²) in [7, 11) is 0. The summed E-state index contributed by atoms with van der Waals surface area (Å²) in [4.78, 5) is 0. The molecule has 0 saturated heterocycles. The van der Waals surface area contributed by atoms with E-state index < -0.39 is 0 Å². The standard InChI is InChI=1S/C21H20/c1-2-7-17-8-6-11-21(16-17)20-14-12-19(13-15-20)18-9-4-3-5-10-18/h3-6,8-16H,2,7H2,1H3. The van der Waals surface area contributed by atoms with Crippen molar-refractivity contribution in [3.05, 3.63) is 84.4 Å². The largest absolute Gasteiger partial charge is 0.0651 e. The molecule has 0 atom stereocenters. The van der Waals surface area contributed by atoms with E-state index in [2.05, 4.69) is 85.8 Å². The molecule has 0 aliphatic heterocycles. The summed E-state index contributed by atoms with van der Waals surface area (Å²) in [5, 5.41) is 0. The zero-order valence-corrected chi connectivity index (χ0v) is 12.4. The molecular formula is C21H20. The van der Waals surface area contributed by atoms with Crippen LogP contribution in [0.3, 0.4) is 0 Å². The van der Waals surface area contributed by atoms with Gasteiger partial charge >= 0.3 is 0 Å². The van der Waals surface area contributed by atoms with Crippen LogP contribution in [0.5, 0.6) is 0 Å². The maximum atomic E-state index is 2.31. The molecule has 0 radical (unpaired) electrons. The summed E-state index contributed by atoms with van der Waals surface area (Å²) < 4.78 is 0. The van der Waals surface area contributed by atoms with Gasteiger partial charge in [0.2, 0.25) is 0 Å². The number of benzene rings is 3. The average molecular weight is 272 g/mol. The highest BCUT2D eigenvalue weighted by atomic mass is 14.1. The molecule has 0 fully saturated rings. The Bertz CT molecular complexity index is 694. The monoisotopic (exact) mass is 272 g/mol. The van der Waals surface area contributed by atoms with Crippen molar-refractivity contribution < 1.29 is 0 Å². The van der Waals surface area contributed by atoms with Gasteiger partial charge in [-0.3, -0.25) is 0 Å². The Hall–Kier alpha value is -2.34. The van der Waals surface area contributed by atoms with Gasteiger partial charge in [0.1, 0.15) is 0 Å². The third-order valence-electron chi connectivity index (χ3n) is 3.79. The zero-order valence-electron chi connectivity index (χ0n) is 12.4. The molecule has 0 heteroatoms. The second-order valence-corrected chi connectivity index (χ2v) is 5.39. The van der Waals surface area contributed by atoms with E-state index in [4.69, 9.17) is 0 Å². The normalized spacial score (nSPS) is 10.5. The highest BCUT2D eigenvalue weighted by molar-refractivity contribution is 5.70. The van der Waals surface area contributed by atoms with Gasteiger partial charge in [0, 0.05) is 0 Å². The molecule has 3 rings (SSSR count). The van der Waals surface area contributed by atoms with Crippen molar-refractivity contribution in [2.45, 2.75) is 19.8 Å². The van der Waals surface area contributed by atoms with Gasteiger partial charge in [0.05, 0.1) is 0 Å². The van der Waals surface area contributed by atoms with Gasteiger partial charge in [-0.15, -0.1) is 0 Å². The summed E-state index contributed by atoms with van der Waals surface area (Å²) in [6.45, 7) is 2.22. The summed E-state index contributed by atoms with van der Waals surface area (Å²) in [5.41, 5.74) is 6.54. The van der Waals surface area contributed by atoms with Crippen LogP contribution in [0, 0.1) is 0 Å². The van der Waals surface area contributed by atoms with Crippen LogP contribution < -0.4 is 0 Å². The van der Waals surface area contributed by atoms with E-state index in [9.17, 15) is 0 Å². The molecule has 0 aromatic heterocycles. The third kappa shape index (κ3) is 3.22. The van der Waals surface area contributed by atoms with Crippen LogP contribution in [0.25, 0.3) is 22.3 Å². The third-order valence-corrected chi connectivity index (χ3v) is 3.79. The fourth-order valence-corrected chi connectivity index (χ4v) is 2.68. The minimum Gasteiger partial charge on any atom is -0.0651 e. The van der Waals surface area contributed by atoms with Gasteiger partial charge in [-0.25, -0.2) is 0 Å². The minimum absolute atomic E-state index is 1.15. The van der Waals surface area contributed by atoms with Gasteiger partial charge in [-0.2, -0.15) is 0 Å². The molecule has 0 saturated carbocycles. The quantitative estimate of drug-likeness (QED) is 0.548. The van der Waals surface area contributed by atoms with E-state index in [-0.39, 0.29) is 0 Å². The molecule has 3 aromatic rings. The summed E-state index contributed by atoms with van der Waals surface area (Å²) >= 11 is 0. The molecular weight excluding hydrogens is 252 g/mol. The van der Waals surface area contributed by atoms with Crippen molar-refractivity contribution >= 4 is 0 Å². The van der Waals surface area contributed by atoms with Crippen molar-refractivity contribution in [2.75, 3.05) is 0 Å². The van der Waals surface area contributed by atoms with Crippen LogP contribution in [0.15, 0.2) is 78.9 Å². The SMILES string of the molecule is CCCc1cccc(-c2ccc(-c3ccccc3)cc2)c1. The first-order valence-electron chi connectivity index (χ1n) is 7.61. The van der Waals surface area contributed by atoms with Crippen LogP contribution in [-0.2, 0) is 6.42 Å². The lowest BCUT2D eigenvalue weighted by atomic mass is 9.98. The fraction of sp³-hybridized carbons (Fsp3) is 0.143. The highest BCUT2D eigenvalue weighted by Crippen LogP contribution is 2.25. The van der Waals surface area contributed by atoms with Crippen molar-refractivity contribution in [3.63, 3.8) is 0 Å². The van der Waals surface area contributed by atoms with Crippen LogP contribution in [-0.4, -0.2) is 0 Å². The topological polar surface area (TPSA) is 0 Å². The number of rotatable bonds is 4. The Balaban J connectivity index is 1.89. The van der Waals surface area contributed by atoms with Crippen molar-refractivity contribution in [2.24, 2.45) is 0 Å². The van der Waals surface area contributed by atoms with E-state index in [1.807, 2.05) is 0 Å². The van der Waals surface area contributed by atoms with E-state index >= 15 is 0 Å². The molecule has 104 valence electrons. The Labute approximate surface area is 127 Å². The van der Waals surface area contributed by atoms with E-state index in [0.717, 1.165) is 6.42 Å². The molecule has 0 amide bonds. The zero-order chi connectivity index (χ0) is 14.5. The lowest BCUT2D eigenvalue weighted by molar-refractivity contribution is 0.922. The Morgan fingerprint density at radius 3 is 1.81 bits per heavy atom. The van der Waals surface area contributed by atoms with E-state index in [0.29, 0.717) is 0 Å². The number of aryl methyl sites for hydroxylation is 1. The highest BCUT2D eigenvalue weighted by Gasteiger charge is 2.01. The molecule has 0 spiro atoms. The molecule has 0 aliphatic rings. The first kappa shape index (κ1) is 13.6. The second kappa shape index (κ2) is 6.41. The van der Waals surface area contributed by atoms with Crippen molar-refractivity contribution in [3.8, 4) is 22.3 Å². The first-order valence-corrected chi connectivity index (χ1v) is 7.61. The predicted molar refractivity (Wildman–Crippen MR) is 91.3 cm³/mol. The summed E-state index contributed by atoms with van der Waals surface area (Å²) in [6, 6.07) is 28.2. The fourth-order valence-electron chi connectivity index (χ4n) is 2.68. The molecule has 0 heterocycles. The summed E-state index contributed by atoms with van der Waals surface area (Å²) in [6.07, 6.45) is 2.34. The number of hydrogen-bond acceptors (Lipinski definition) is 0.